The molecule has 2 rings (SSSR count). The molecule has 0 radical (unpaired) electrons. The molecular formula is C16H19F4N4OS+. The van der Waals surface area contributed by atoms with Gasteiger partial charge in [0.05, 0.1) is 13.1 Å². The Bertz CT molecular complexity index is 685. The van der Waals surface area contributed by atoms with Crippen LogP contribution in [0.2, 0.25) is 0 Å². The molecule has 26 heavy (non-hydrogen) atoms. The molecule has 1 heterocycles. The maximum Gasteiger partial charge on any atom is 0.433 e. The van der Waals surface area contributed by atoms with Gasteiger partial charge in [-0.05, 0) is 30.3 Å². The van der Waals surface area contributed by atoms with Crippen LogP contribution in [0.4, 0.5) is 23.5 Å². The first-order valence-electron chi connectivity index (χ1n) is 7.87. The minimum atomic E-state index is -4.50. The molecule has 0 amide bonds. The number of quaternary nitrogens is 1. The molecule has 1 aromatic heterocycles. The van der Waals surface area contributed by atoms with Gasteiger partial charge < -0.3 is 15.7 Å². The summed E-state index contributed by atoms with van der Waals surface area (Å²) in [7, 11) is 0. The van der Waals surface area contributed by atoms with Crippen molar-refractivity contribution < 1.29 is 28.0 Å². The molecule has 10 heteroatoms. The number of rotatable bonds is 9. The van der Waals surface area contributed by atoms with Gasteiger partial charge >= 0.3 is 6.18 Å². The van der Waals surface area contributed by atoms with E-state index >= 15 is 0 Å². The van der Waals surface area contributed by atoms with Crippen molar-refractivity contribution in [3.8, 4) is 0 Å². The van der Waals surface area contributed by atoms with Gasteiger partial charge in [0.25, 0.3) is 0 Å². The summed E-state index contributed by atoms with van der Waals surface area (Å²) in [5.74, 6) is 0.0767. The van der Waals surface area contributed by atoms with Gasteiger partial charge in [0.1, 0.15) is 24.2 Å². The van der Waals surface area contributed by atoms with E-state index in [9.17, 15) is 22.7 Å². The summed E-state index contributed by atoms with van der Waals surface area (Å²) < 4.78 is 50.4. The summed E-state index contributed by atoms with van der Waals surface area (Å²) in [6.07, 6.45) is -4.01. The van der Waals surface area contributed by atoms with E-state index in [1.807, 2.05) is 5.32 Å². The number of nitrogens with two attached hydrogens (primary N) is 1. The molecule has 0 spiro atoms. The molecule has 2 aromatic rings. The Morgan fingerprint density at radius 3 is 2.62 bits per heavy atom. The fourth-order valence-corrected chi connectivity index (χ4v) is 2.84. The number of aromatic nitrogens is 2. The number of benzene rings is 1. The van der Waals surface area contributed by atoms with Crippen LogP contribution in [-0.4, -0.2) is 46.6 Å². The Hall–Kier alpha value is -1.91. The number of nitrogens with one attached hydrogen (secondary N) is 1. The van der Waals surface area contributed by atoms with Crippen molar-refractivity contribution in [3.63, 3.8) is 0 Å². The van der Waals surface area contributed by atoms with E-state index in [0.29, 0.717) is 25.4 Å². The van der Waals surface area contributed by atoms with Crippen molar-refractivity contribution in [1.82, 2.24) is 9.97 Å². The van der Waals surface area contributed by atoms with Crippen molar-refractivity contribution in [3.05, 3.63) is 48.0 Å². The highest BCUT2D eigenvalue weighted by Gasteiger charge is 2.32. The molecule has 4 N–H and O–H groups in total. The second-order valence-corrected chi connectivity index (χ2v) is 6.52. The van der Waals surface area contributed by atoms with Crippen LogP contribution >= 0.6 is 11.8 Å². The molecule has 1 atom stereocenters. The maximum absolute atomic E-state index is 12.8. The van der Waals surface area contributed by atoms with Crippen LogP contribution in [-0.2, 0) is 6.18 Å². The molecule has 5 nitrogen and oxygen atoms in total. The highest BCUT2D eigenvalue weighted by molar-refractivity contribution is 7.99. The number of nitrogens with zero attached hydrogens (tertiary/aromatic N) is 2. The minimum absolute atomic E-state index is 0.0827. The normalized spacial score (nSPS) is 12.8. The van der Waals surface area contributed by atoms with Crippen molar-refractivity contribution in [1.29, 1.82) is 0 Å². The zero-order chi connectivity index (χ0) is 19.0. The molecule has 0 bridgehead atoms. The van der Waals surface area contributed by atoms with Crippen LogP contribution in [0.25, 0.3) is 0 Å². The van der Waals surface area contributed by atoms with Gasteiger partial charge in [-0.1, -0.05) is 0 Å². The summed E-state index contributed by atoms with van der Waals surface area (Å²) in [6, 6.07) is 6.84. The van der Waals surface area contributed by atoms with Crippen molar-refractivity contribution in [2.45, 2.75) is 17.2 Å². The third-order valence-electron chi connectivity index (χ3n) is 3.27. The molecule has 0 fully saturated rings. The number of aliphatic hydroxyl groups is 1. The van der Waals surface area contributed by atoms with Crippen LogP contribution in [0.1, 0.15) is 5.69 Å². The summed E-state index contributed by atoms with van der Waals surface area (Å²) in [6.45, 7) is 1.34. The predicted molar refractivity (Wildman–Crippen MR) is 90.3 cm³/mol. The lowest BCUT2D eigenvalue weighted by atomic mass is 10.3. The van der Waals surface area contributed by atoms with Gasteiger partial charge in [-0.25, -0.2) is 14.4 Å². The minimum Gasteiger partial charge on any atom is -0.386 e. The third kappa shape index (κ3) is 7.14. The summed E-state index contributed by atoms with van der Waals surface area (Å²) >= 11 is 1.42. The van der Waals surface area contributed by atoms with E-state index in [1.54, 1.807) is 12.1 Å². The largest absolute Gasteiger partial charge is 0.433 e. The number of alkyl halides is 3. The van der Waals surface area contributed by atoms with E-state index < -0.39 is 18.0 Å². The second kappa shape index (κ2) is 9.70. The van der Waals surface area contributed by atoms with Crippen molar-refractivity contribution in [2.75, 3.05) is 30.7 Å². The quantitative estimate of drug-likeness (QED) is 0.345. The van der Waals surface area contributed by atoms with Crippen LogP contribution in [0.15, 0.2) is 41.4 Å². The average molecular weight is 391 g/mol. The van der Waals surface area contributed by atoms with Crippen LogP contribution in [0.5, 0.6) is 0 Å². The molecule has 0 unspecified atom stereocenters. The highest BCUT2D eigenvalue weighted by Crippen LogP contribution is 2.27. The van der Waals surface area contributed by atoms with Crippen molar-refractivity contribution in [2.24, 2.45) is 0 Å². The average Bonchev–Trinajstić information content (AvgIpc) is 2.60. The SMILES string of the molecule is O[C@@H](C[NH2+]CCNc1nccc(C(F)(F)F)n1)CSc1ccc(F)cc1. The van der Waals surface area contributed by atoms with Crippen LogP contribution in [0.3, 0.4) is 0 Å². The van der Waals surface area contributed by atoms with Gasteiger partial charge in [0, 0.05) is 16.8 Å². The molecule has 1 aromatic carbocycles. The lowest BCUT2D eigenvalue weighted by Gasteiger charge is -2.10. The van der Waals surface area contributed by atoms with E-state index in [4.69, 9.17) is 0 Å². The summed E-state index contributed by atoms with van der Waals surface area (Å²) in [5.41, 5.74) is -0.993. The standard InChI is InChI=1S/C16H18F4N4OS/c17-11-1-3-13(4-2-11)26-10-12(25)9-21-7-8-23-15-22-6-5-14(24-15)16(18,19)20/h1-6,12,21,25H,7-10H2,(H,22,23,24)/p+1/t12-/m0/s1. The fourth-order valence-electron chi connectivity index (χ4n) is 1.99. The number of anilines is 1. The Kier molecular flexibility index (Phi) is 7.61. The molecule has 0 aliphatic rings. The van der Waals surface area contributed by atoms with Crippen molar-refractivity contribution >= 4 is 17.7 Å². The molecule has 0 aliphatic heterocycles. The monoisotopic (exact) mass is 391 g/mol. The van der Waals surface area contributed by atoms with E-state index in [2.05, 4.69) is 15.3 Å². The number of halogens is 4. The zero-order valence-electron chi connectivity index (χ0n) is 13.7. The van der Waals surface area contributed by atoms with Crippen LogP contribution in [0, 0.1) is 5.82 Å². The summed E-state index contributed by atoms with van der Waals surface area (Å²) in [4.78, 5) is 8.01. The Morgan fingerprint density at radius 1 is 1.19 bits per heavy atom. The first-order chi connectivity index (χ1) is 12.3. The molecule has 142 valence electrons. The predicted octanol–water partition coefficient (Wildman–Crippen LogP) is 1.76. The number of aliphatic hydroxyl groups excluding tert-OH is 1. The molecular weight excluding hydrogens is 372 g/mol. The summed E-state index contributed by atoms with van der Waals surface area (Å²) in [5, 5.41) is 14.5. The van der Waals surface area contributed by atoms with Gasteiger partial charge in [-0.2, -0.15) is 13.2 Å². The van der Waals surface area contributed by atoms with Gasteiger partial charge in [0.2, 0.25) is 5.95 Å². The maximum atomic E-state index is 12.8. The Morgan fingerprint density at radius 2 is 1.92 bits per heavy atom. The van der Waals surface area contributed by atoms with Gasteiger partial charge in [-0.3, -0.25) is 0 Å². The number of hydrogen-bond acceptors (Lipinski definition) is 5. The van der Waals surface area contributed by atoms with E-state index in [1.165, 1.54) is 23.9 Å². The lowest BCUT2D eigenvalue weighted by Crippen LogP contribution is -2.87. The van der Waals surface area contributed by atoms with Crippen LogP contribution < -0.4 is 10.6 Å². The first-order valence-corrected chi connectivity index (χ1v) is 8.85. The smallest absolute Gasteiger partial charge is 0.386 e. The number of thioether (sulfide) groups is 1. The van der Waals surface area contributed by atoms with E-state index in [0.717, 1.165) is 17.2 Å². The van der Waals surface area contributed by atoms with Gasteiger partial charge in [-0.15, -0.1) is 11.8 Å². The second-order valence-electron chi connectivity index (χ2n) is 5.42. The van der Waals surface area contributed by atoms with E-state index in [-0.39, 0.29) is 11.8 Å². The third-order valence-corrected chi connectivity index (χ3v) is 4.43. The first kappa shape index (κ1) is 20.4. The molecule has 0 saturated heterocycles. The fraction of sp³-hybridized carbons (Fsp3) is 0.375. The zero-order valence-corrected chi connectivity index (χ0v) is 14.5. The molecule has 0 saturated carbocycles. The Balaban J connectivity index is 1.62. The lowest BCUT2D eigenvalue weighted by molar-refractivity contribution is -0.657. The number of hydrogen-bond donors (Lipinski definition) is 3. The topological polar surface area (TPSA) is 74.7 Å². The highest BCUT2D eigenvalue weighted by atomic mass is 32.2. The molecule has 0 aliphatic carbocycles. The van der Waals surface area contributed by atoms with Gasteiger partial charge in [0.15, 0.2) is 0 Å². The Labute approximate surface area is 152 Å².